The molecule has 0 bridgehead atoms. The number of carbonyl (C=O) groups is 2. The Bertz CT molecular complexity index is 541. The minimum Gasteiger partial charge on any atom is -0.302 e. The lowest BCUT2D eigenvalue weighted by Crippen LogP contribution is -2.64. The van der Waals surface area contributed by atoms with Crippen molar-refractivity contribution in [1.82, 2.24) is 9.96 Å². The highest BCUT2D eigenvalue weighted by atomic mass is 16.7. The molecule has 3 rings (SSSR count). The van der Waals surface area contributed by atoms with Gasteiger partial charge in [-0.2, -0.15) is 0 Å². The number of hydrogen-bond acceptors (Lipinski definition) is 3. The number of hydroxylamine groups is 2. The maximum Gasteiger partial charge on any atom is 0.270 e. The molecule has 5 nitrogen and oxygen atoms in total. The van der Waals surface area contributed by atoms with Crippen LogP contribution in [-0.2, 0) is 21.0 Å². The van der Waals surface area contributed by atoms with Crippen LogP contribution in [0.1, 0.15) is 12.0 Å². The van der Waals surface area contributed by atoms with E-state index >= 15 is 0 Å². The molecule has 2 amide bonds. The fraction of sp³-hybridized carbons (Fsp3) is 0.286. The van der Waals surface area contributed by atoms with Gasteiger partial charge in [0.25, 0.3) is 5.91 Å². The summed E-state index contributed by atoms with van der Waals surface area (Å²) in [5.74, 6) is -0.200. The maximum absolute atomic E-state index is 12.1. The molecule has 0 unspecified atom stereocenters. The highest BCUT2D eigenvalue weighted by Gasteiger charge is 2.48. The summed E-state index contributed by atoms with van der Waals surface area (Å²) < 4.78 is 0. The van der Waals surface area contributed by atoms with E-state index in [2.05, 4.69) is 6.58 Å². The number of fused-ring (bicyclic) bond motifs is 1. The number of hydrogen-bond donors (Lipinski definition) is 0. The van der Waals surface area contributed by atoms with Crippen LogP contribution in [0.4, 0.5) is 0 Å². The Balaban J connectivity index is 1.64. The number of carbonyl (C=O) groups excluding carboxylic acids is 2. The molecule has 5 heteroatoms. The molecule has 2 saturated heterocycles. The number of β-lactam (4-membered cyclic amide) rings is 1. The molecule has 2 fully saturated rings. The molecule has 98 valence electrons. The van der Waals surface area contributed by atoms with Crippen LogP contribution >= 0.6 is 0 Å². The van der Waals surface area contributed by atoms with Gasteiger partial charge in [0, 0.05) is 5.70 Å². The predicted molar refractivity (Wildman–Crippen MR) is 67.3 cm³/mol. The number of rotatable bonds is 3. The van der Waals surface area contributed by atoms with Crippen LogP contribution in [0.15, 0.2) is 42.6 Å². The first-order valence-electron chi connectivity index (χ1n) is 6.15. The van der Waals surface area contributed by atoms with E-state index in [4.69, 9.17) is 4.84 Å². The Labute approximate surface area is 111 Å². The molecule has 2 aliphatic rings. The monoisotopic (exact) mass is 258 g/mol. The minimum absolute atomic E-state index is 0.0361. The maximum atomic E-state index is 12.1. The summed E-state index contributed by atoms with van der Waals surface area (Å²) in [6, 6.07) is 9.22. The predicted octanol–water partition coefficient (Wildman–Crippen LogP) is 1.07. The van der Waals surface area contributed by atoms with Crippen LogP contribution in [0, 0.1) is 0 Å². The third-order valence-electron chi connectivity index (χ3n) is 3.38. The lowest BCUT2D eigenvalue weighted by atomic mass is 9.97. The van der Waals surface area contributed by atoms with Crippen LogP contribution < -0.4 is 0 Å². The topological polar surface area (TPSA) is 49.9 Å². The van der Waals surface area contributed by atoms with E-state index < -0.39 is 6.04 Å². The van der Waals surface area contributed by atoms with Gasteiger partial charge in [0.2, 0.25) is 5.91 Å². The summed E-state index contributed by atoms with van der Waals surface area (Å²) in [6.07, 6.45) is 0.253. The highest BCUT2D eigenvalue weighted by molar-refractivity contribution is 5.99. The molecular formula is C14H14N2O3. The SMILES string of the molecule is C=C1CN(OCc2ccccc2)C(=O)[C@@H]2CC(=O)N12. The van der Waals surface area contributed by atoms with Crippen molar-refractivity contribution in [1.29, 1.82) is 0 Å². The van der Waals surface area contributed by atoms with E-state index in [0.29, 0.717) is 12.3 Å². The van der Waals surface area contributed by atoms with Crippen molar-refractivity contribution >= 4 is 11.8 Å². The summed E-state index contributed by atoms with van der Waals surface area (Å²) >= 11 is 0. The van der Waals surface area contributed by atoms with Gasteiger partial charge in [0.05, 0.1) is 13.0 Å². The van der Waals surface area contributed by atoms with Crippen molar-refractivity contribution in [3.8, 4) is 0 Å². The van der Waals surface area contributed by atoms with E-state index in [0.717, 1.165) is 5.56 Å². The molecule has 2 heterocycles. The summed E-state index contributed by atoms with van der Waals surface area (Å²) in [6.45, 7) is 4.40. The second kappa shape index (κ2) is 4.51. The van der Waals surface area contributed by atoms with E-state index in [1.54, 1.807) is 0 Å². The van der Waals surface area contributed by atoms with Crippen molar-refractivity contribution in [3.05, 3.63) is 48.2 Å². The van der Waals surface area contributed by atoms with E-state index in [1.165, 1.54) is 9.96 Å². The second-order valence-corrected chi connectivity index (χ2v) is 4.68. The smallest absolute Gasteiger partial charge is 0.270 e. The molecule has 2 aliphatic heterocycles. The Kier molecular flexibility index (Phi) is 2.83. The first kappa shape index (κ1) is 11.9. The first-order chi connectivity index (χ1) is 9.16. The van der Waals surface area contributed by atoms with Crippen molar-refractivity contribution in [2.24, 2.45) is 0 Å². The van der Waals surface area contributed by atoms with Crippen molar-refractivity contribution in [2.45, 2.75) is 19.1 Å². The quantitative estimate of drug-likeness (QED) is 0.762. The Morgan fingerprint density at radius 2 is 2.00 bits per heavy atom. The fourth-order valence-electron chi connectivity index (χ4n) is 2.33. The Morgan fingerprint density at radius 3 is 2.68 bits per heavy atom. The molecule has 1 aromatic carbocycles. The molecule has 0 saturated carbocycles. The second-order valence-electron chi connectivity index (χ2n) is 4.68. The standard InChI is InChI=1S/C14H14N2O3/c1-10-8-15(14(18)12-7-13(17)16(10)12)19-9-11-5-3-2-4-6-11/h2-6,12H,1,7-9H2/t12-/m0/s1. The zero-order valence-corrected chi connectivity index (χ0v) is 10.4. The van der Waals surface area contributed by atoms with Crippen molar-refractivity contribution in [3.63, 3.8) is 0 Å². The molecule has 0 aliphatic carbocycles. The number of nitrogens with zero attached hydrogens (tertiary/aromatic N) is 2. The van der Waals surface area contributed by atoms with E-state index in [9.17, 15) is 9.59 Å². The fourth-order valence-corrected chi connectivity index (χ4v) is 2.33. The molecule has 0 N–H and O–H groups in total. The summed E-state index contributed by atoms with van der Waals surface area (Å²) in [7, 11) is 0. The number of amides is 2. The molecule has 1 atom stereocenters. The van der Waals surface area contributed by atoms with Crippen molar-refractivity contribution < 1.29 is 14.4 Å². The van der Waals surface area contributed by atoms with Crippen LogP contribution in [0.5, 0.6) is 0 Å². The number of piperazine rings is 1. The van der Waals surface area contributed by atoms with Gasteiger partial charge in [-0.3, -0.25) is 14.4 Å². The molecule has 1 aromatic rings. The van der Waals surface area contributed by atoms with Gasteiger partial charge in [-0.05, 0) is 5.56 Å². The zero-order valence-electron chi connectivity index (χ0n) is 10.4. The van der Waals surface area contributed by atoms with Gasteiger partial charge in [0.1, 0.15) is 12.6 Å². The van der Waals surface area contributed by atoms with Crippen LogP contribution in [0.25, 0.3) is 0 Å². The molecular weight excluding hydrogens is 244 g/mol. The lowest BCUT2D eigenvalue weighted by Gasteiger charge is -2.46. The minimum atomic E-state index is -0.412. The van der Waals surface area contributed by atoms with Crippen LogP contribution in [0.3, 0.4) is 0 Å². The molecule has 0 radical (unpaired) electrons. The third kappa shape index (κ3) is 2.02. The Hall–Kier alpha value is -2.14. The lowest BCUT2D eigenvalue weighted by molar-refractivity contribution is -0.208. The van der Waals surface area contributed by atoms with E-state index in [1.807, 2.05) is 30.3 Å². The van der Waals surface area contributed by atoms with Crippen molar-refractivity contribution in [2.75, 3.05) is 6.54 Å². The van der Waals surface area contributed by atoms with Crippen LogP contribution in [0.2, 0.25) is 0 Å². The average molecular weight is 258 g/mol. The van der Waals surface area contributed by atoms with E-state index in [-0.39, 0.29) is 24.8 Å². The van der Waals surface area contributed by atoms with Gasteiger partial charge in [0.15, 0.2) is 0 Å². The number of benzene rings is 1. The average Bonchev–Trinajstić information content (AvgIpc) is 2.40. The molecule has 0 spiro atoms. The normalized spacial score (nSPS) is 22.3. The highest BCUT2D eigenvalue weighted by Crippen LogP contribution is 2.30. The largest absolute Gasteiger partial charge is 0.302 e. The van der Waals surface area contributed by atoms with Crippen LogP contribution in [-0.4, -0.2) is 34.4 Å². The van der Waals surface area contributed by atoms with Gasteiger partial charge in [-0.25, -0.2) is 5.06 Å². The molecule has 19 heavy (non-hydrogen) atoms. The Morgan fingerprint density at radius 1 is 1.26 bits per heavy atom. The zero-order chi connectivity index (χ0) is 13.4. The summed E-state index contributed by atoms with van der Waals surface area (Å²) in [5, 5.41) is 1.31. The van der Waals surface area contributed by atoms with Gasteiger partial charge in [-0.15, -0.1) is 0 Å². The summed E-state index contributed by atoms with van der Waals surface area (Å²) in [4.78, 5) is 30.4. The summed E-state index contributed by atoms with van der Waals surface area (Å²) in [5.41, 5.74) is 1.61. The van der Waals surface area contributed by atoms with Gasteiger partial charge >= 0.3 is 0 Å². The molecule has 0 aromatic heterocycles. The third-order valence-corrected chi connectivity index (χ3v) is 3.38. The van der Waals surface area contributed by atoms with Gasteiger partial charge < -0.3 is 4.90 Å². The van der Waals surface area contributed by atoms with Gasteiger partial charge in [-0.1, -0.05) is 36.9 Å². The first-order valence-corrected chi connectivity index (χ1v) is 6.15.